The molecule has 30 heavy (non-hydrogen) atoms. The molecular formula is C23H32FN3O3. The zero-order valence-electron chi connectivity index (χ0n) is 18.0. The molecule has 3 fully saturated rings. The Bertz CT molecular complexity index is 794. The standard InChI is InChI=1S/C23H32FN3O3/c1-17-8-10-23(11-9-17)27(21(28)18-6-3-4-7-19(18)24)20(16-30-23)22(29)26-13-5-12-25(2)14-15-26/h3-4,6-7,17,20H,5,8-16H2,1-2H3. The Balaban J connectivity index is 1.64. The molecule has 1 aliphatic carbocycles. The SMILES string of the molecule is CC1CCC2(CC1)OCC(C(=O)N1CCCN(C)CC1)N2C(=O)c1ccccc1F. The number of rotatable bonds is 2. The molecule has 0 aromatic heterocycles. The van der Waals surface area contributed by atoms with Gasteiger partial charge in [-0.2, -0.15) is 0 Å². The molecule has 2 aliphatic heterocycles. The van der Waals surface area contributed by atoms with Crippen molar-refractivity contribution in [3.63, 3.8) is 0 Å². The van der Waals surface area contributed by atoms with Crippen molar-refractivity contribution < 1.29 is 18.7 Å². The second kappa shape index (κ2) is 8.63. The van der Waals surface area contributed by atoms with E-state index < -0.39 is 23.5 Å². The molecule has 6 nitrogen and oxygen atoms in total. The van der Waals surface area contributed by atoms with E-state index in [9.17, 15) is 14.0 Å². The summed E-state index contributed by atoms with van der Waals surface area (Å²) in [5.41, 5.74) is -0.802. The summed E-state index contributed by atoms with van der Waals surface area (Å²) in [6, 6.07) is 5.32. The van der Waals surface area contributed by atoms with Crippen molar-refractivity contribution in [1.82, 2.24) is 14.7 Å². The first-order valence-electron chi connectivity index (χ1n) is 11.1. The van der Waals surface area contributed by atoms with Gasteiger partial charge in [0.05, 0.1) is 12.2 Å². The maximum Gasteiger partial charge on any atom is 0.259 e. The van der Waals surface area contributed by atoms with Gasteiger partial charge in [0.1, 0.15) is 17.6 Å². The van der Waals surface area contributed by atoms with E-state index in [4.69, 9.17) is 4.74 Å². The van der Waals surface area contributed by atoms with Crippen LogP contribution in [0.2, 0.25) is 0 Å². The maximum atomic E-state index is 14.5. The first-order chi connectivity index (χ1) is 14.4. The molecule has 2 saturated heterocycles. The highest BCUT2D eigenvalue weighted by molar-refractivity contribution is 5.98. The van der Waals surface area contributed by atoms with Crippen LogP contribution in [0, 0.1) is 11.7 Å². The van der Waals surface area contributed by atoms with E-state index in [1.807, 2.05) is 4.90 Å². The Hall–Kier alpha value is -1.99. The summed E-state index contributed by atoms with van der Waals surface area (Å²) in [5, 5.41) is 0. The molecule has 1 atom stereocenters. The predicted octanol–water partition coefficient (Wildman–Crippen LogP) is 2.74. The second-order valence-corrected chi connectivity index (χ2v) is 9.09. The largest absolute Gasteiger partial charge is 0.353 e. The summed E-state index contributed by atoms with van der Waals surface area (Å²) < 4.78 is 20.7. The third-order valence-electron chi connectivity index (χ3n) is 6.96. The lowest BCUT2D eigenvalue weighted by Gasteiger charge is -2.43. The van der Waals surface area contributed by atoms with E-state index in [1.165, 1.54) is 12.1 Å². The highest BCUT2D eigenvalue weighted by atomic mass is 19.1. The van der Waals surface area contributed by atoms with Crippen LogP contribution in [-0.4, -0.2) is 78.1 Å². The molecule has 3 aliphatic rings. The van der Waals surface area contributed by atoms with E-state index in [2.05, 4.69) is 18.9 Å². The lowest BCUT2D eigenvalue weighted by Crippen LogP contribution is -2.57. The quantitative estimate of drug-likeness (QED) is 0.743. The van der Waals surface area contributed by atoms with Crippen LogP contribution in [-0.2, 0) is 9.53 Å². The van der Waals surface area contributed by atoms with Crippen LogP contribution >= 0.6 is 0 Å². The van der Waals surface area contributed by atoms with Crippen molar-refractivity contribution in [3.05, 3.63) is 35.6 Å². The van der Waals surface area contributed by atoms with Gasteiger partial charge in [0, 0.05) is 19.6 Å². The Morgan fingerprint density at radius 1 is 1.10 bits per heavy atom. The van der Waals surface area contributed by atoms with Crippen molar-refractivity contribution in [3.8, 4) is 0 Å². The van der Waals surface area contributed by atoms with Gasteiger partial charge in [0.2, 0.25) is 5.91 Å². The number of nitrogens with zero attached hydrogens (tertiary/aromatic N) is 3. The minimum Gasteiger partial charge on any atom is -0.353 e. The Labute approximate surface area is 177 Å². The number of likely N-dealkylation sites (N-methyl/N-ethyl adjacent to an activating group) is 1. The van der Waals surface area contributed by atoms with E-state index in [1.54, 1.807) is 17.0 Å². The second-order valence-electron chi connectivity index (χ2n) is 9.09. The third kappa shape index (κ3) is 3.97. The number of halogens is 1. The van der Waals surface area contributed by atoms with Crippen LogP contribution in [0.15, 0.2) is 24.3 Å². The van der Waals surface area contributed by atoms with Crippen LogP contribution in [0.25, 0.3) is 0 Å². The summed E-state index contributed by atoms with van der Waals surface area (Å²) in [6.45, 7) is 5.44. The summed E-state index contributed by atoms with van der Waals surface area (Å²) >= 11 is 0. The number of benzene rings is 1. The molecule has 1 aromatic carbocycles. The number of ether oxygens (including phenoxy) is 1. The van der Waals surface area contributed by atoms with Crippen LogP contribution in [0.4, 0.5) is 4.39 Å². The van der Waals surface area contributed by atoms with E-state index in [-0.39, 0.29) is 18.1 Å². The zero-order valence-corrected chi connectivity index (χ0v) is 18.0. The number of hydrogen-bond acceptors (Lipinski definition) is 4. The molecule has 0 N–H and O–H groups in total. The number of carbonyl (C=O) groups excluding carboxylic acids is 2. The maximum absolute atomic E-state index is 14.5. The molecule has 164 valence electrons. The first-order valence-corrected chi connectivity index (χ1v) is 11.1. The fourth-order valence-corrected chi connectivity index (χ4v) is 5.01. The van der Waals surface area contributed by atoms with Gasteiger partial charge in [-0.3, -0.25) is 14.5 Å². The molecule has 1 saturated carbocycles. The topological polar surface area (TPSA) is 53.1 Å². The van der Waals surface area contributed by atoms with Crippen molar-refractivity contribution in [2.45, 2.75) is 50.8 Å². The lowest BCUT2D eigenvalue weighted by atomic mass is 9.83. The van der Waals surface area contributed by atoms with Crippen molar-refractivity contribution in [1.29, 1.82) is 0 Å². The fraction of sp³-hybridized carbons (Fsp3) is 0.652. The summed E-state index contributed by atoms with van der Waals surface area (Å²) in [7, 11) is 2.05. The van der Waals surface area contributed by atoms with E-state index in [0.717, 1.165) is 32.4 Å². The number of amides is 2. The first kappa shape index (κ1) is 21.2. The molecule has 0 bridgehead atoms. The van der Waals surface area contributed by atoms with Crippen LogP contribution < -0.4 is 0 Å². The predicted molar refractivity (Wildman–Crippen MR) is 111 cm³/mol. The van der Waals surface area contributed by atoms with Crippen molar-refractivity contribution in [2.24, 2.45) is 5.92 Å². The molecular weight excluding hydrogens is 385 g/mol. The molecule has 1 aromatic rings. The highest BCUT2D eigenvalue weighted by Gasteiger charge is 2.54. The van der Waals surface area contributed by atoms with Crippen LogP contribution in [0.3, 0.4) is 0 Å². The van der Waals surface area contributed by atoms with Gasteiger partial charge < -0.3 is 14.5 Å². The highest BCUT2D eigenvalue weighted by Crippen LogP contribution is 2.43. The van der Waals surface area contributed by atoms with Crippen molar-refractivity contribution >= 4 is 11.8 Å². The van der Waals surface area contributed by atoms with Gasteiger partial charge in [0.15, 0.2) is 0 Å². The van der Waals surface area contributed by atoms with Crippen LogP contribution in [0.1, 0.15) is 49.4 Å². The molecule has 2 heterocycles. The average molecular weight is 418 g/mol. The molecule has 7 heteroatoms. The summed E-state index contributed by atoms with van der Waals surface area (Å²) in [6.07, 6.45) is 4.12. The minimum absolute atomic E-state index is 0.00870. The number of carbonyl (C=O) groups is 2. The Morgan fingerprint density at radius 2 is 1.83 bits per heavy atom. The fourth-order valence-electron chi connectivity index (χ4n) is 5.01. The monoisotopic (exact) mass is 417 g/mol. The molecule has 0 radical (unpaired) electrons. The Kier molecular flexibility index (Phi) is 6.11. The van der Waals surface area contributed by atoms with Gasteiger partial charge in [-0.1, -0.05) is 19.1 Å². The number of hydrogen-bond donors (Lipinski definition) is 0. The average Bonchev–Trinajstić information content (AvgIpc) is 2.96. The normalized spacial score (nSPS) is 30.5. The minimum atomic E-state index is -0.811. The zero-order chi connectivity index (χ0) is 21.3. The molecule has 1 spiro atoms. The molecule has 1 unspecified atom stereocenters. The lowest BCUT2D eigenvalue weighted by molar-refractivity contribution is -0.137. The third-order valence-corrected chi connectivity index (χ3v) is 6.96. The molecule has 2 amide bonds. The smallest absolute Gasteiger partial charge is 0.259 e. The van der Waals surface area contributed by atoms with Crippen LogP contribution in [0.5, 0.6) is 0 Å². The van der Waals surface area contributed by atoms with Crippen molar-refractivity contribution in [2.75, 3.05) is 39.8 Å². The summed E-state index contributed by atoms with van der Waals surface area (Å²) in [4.78, 5) is 32.7. The van der Waals surface area contributed by atoms with E-state index in [0.29, 0.717) is 31.8 Å². The van der Waals surface area contributed by atoms with E-state index >= 15 is 0 Å². The van der Waals surface area contributed by atoms with Gasteiger partial charge in [0.25, 0.3) is 5.91 Å². The Morgan fingerprint density at radius 3 is 2.57 bits per heavy atom. The van der Waals surface area contributed by atoms with Gasteiger partial charge in [-0.15, -0.1) is 0 Å². The molecule has 4 rings (SSSR count). The van der Waals surface area contributed by atoms with Gasteiger partial charge in [-0.25, -0.2) is 4.39 Å². The summed E-state index contributed by atoms with van der Waals surface area (Å²) in [5.74, 6) is -0.521. The van der Waals surface area contributed by atoms with Gasteiger partial charge in [-0.05, 0) is 63.7 Å². The van der Waals surface area contributed by atoms with Gasteiger partial charge >= 0.3 is 0 Å².